The predicted molar refractivity (Wildman–Crippen MR) is 86.4 cm³/mol. The molecule has 2 heterocycles. The molecule has 1 fully saturated rings. The molecule has 1 aliphatic carbocycles. The highest BCUT2D eigenvalue weighted by atomic mass is 16.2. The molecule has 1 aliphatic heterocycles. The number of rotatable bonds is 2. The van der Waals surface area contributed by atoms with Gasteiger partial charge in [0, 0.05) is 19.0 Å². The molecule has 0 unspecified atom stereocenters. The molecule has 114 valence electrons. The standard InChI is InChI=1S/C18H21N3O/c22-18(14-6-2-1-3-7-14)20-11-10-15(12-20)21-13-19-16-8-4-5-9-17(16)21/h1-2,4-5,8-9,13-15H,3,6-7,10-12H2/t14-,15-/m0/s1. The number of hydrogen-bond donors (Lipinski definition) is 0. The molecule has 1 aromatic heterocycles. The lowest BCUT2D eigenvalue weighted by molar-refractivity contribution is -0.134. The number of carbonyl (C=O) groups excluding carboxylic acids is 1. The maximum atomic E-state index is 12.6. The number of imidazole rings is 1. The maximum Gasteiger partial charge on any atom is 0.226 e. The third-order valence-corrected chi connectivity index (χ3v) is 4.97. The van der Waals surface area contributed by atoms with E-state index in [1.165, 1.54) is 5.52 Å². The molecular formula is C18H21N3O. The molecule has 0 spiro atoms. The number of likely N-dealkylation sites (tertiary alicyclic amines) is 1. The molecule has 0 N–H and O–H groups in total. The molecule has 1 aromatic carbocycles. The van der Waals surface area contributed by atoms with Crippen LogP contribution in [0, 0.1) is 5.92 Å². The van der Waals surface area contributed by atoms with Crippen LogP contribution in [0.15, 0.2) is 42.7 Å². The van der Waals surface area contributed by atoms with E-state index in [1.807, 2.05) is 24.5 Å². The molecule has 2 atom stereocenters. The van der Waals surface area contributed by atoms with Crippen molar-refractivity contribution >= 4 is 16.9 Å². The first kappa shape index (κ1) is 13.6. The third-order valence-electron chi connectivity index (χ3n) is 4.97. The maximum absolute atomic E-state index is 12.6. The zero-order valence-electron chi connectivity index (χ0n) is 12.7. The fourth-order valence-electron chi connectivity index (χ4n) is 3.71. The van der Waals surface area contributed by atoms with Gasteiger partial charge in [-0.2, -0.15) is 0 Å². The number of carbonyl (C=O) groups is 1. The third kappa shape index (κ3) is 2.32. The fourth-order valence-corrected chi connectivity index (χ4v) is 3.71. The highest BCUT2D eigenvalue weighted by Crippen LogP contribution is 2.29. The molecule has 1 saturated heterocycles. The number of para-hydroxylation sites is 2. The summed E-state index contributed by atoms with van der Waals surface area (Å²) in [7, 11) is 0. The van der Waals surface area contributed by atoms with Crippen LogP contribution in [-0.4, -0.2) is 33.4 Å². The van der Waals surface area contributed by atoms with E-state index in [0.717, 1.165) is 44.3 Å². The van der Waals surface area contributed by atoms with Gasteiger partial charge in [-0.1, -0.05) is 24.3 Å². The zero-order valence-corrected chi connectivity index (χ0v) is 12.7. The molecule has 4 nitrogen and oxygen atoms in total. The molecule has 4 rings (SSSR count). The number of fused-ring (bicyclic) bond motifs is 1. The van der Waals surface area contributed by atoms with Crippen LogP contribution in [0.1, 0.15) is 31.7 Å². The molecule has 4 heteroatoms. The SMILES string of the molecule is O=C([C@H]1CC=CCC1)N1CC[C@H](n2cnc3ccccc32)C1. The highest BCUT2D eigenvalue weighted by molar-refractivity contribution is 5.80. The van der Waals surface area contributed by atoms with Crippen LogP contribution in [0.2, 0.25) is 0 Å². The van der Waals surface area contributed by atoms with E-state index in [1.54, 1.807) is 0 Å². The summed E-state index contributed by atoms with van der Waals surface area (Å²) in [5.41, 5.74) is 2.20. The smallest absolute Gasteiger partial charge is 0.226 e. The second-order valence-electron chi connectivity index (χ2n) is 6.35. The van der Waals surface area contributed by atoms with Gasteiger partial charge in [0.15, 0.2) is 0 Å². The lowest BCUT2D eigenvalue weighted by atomic mass is 9.93. The first-order chi connectivity index (χ1) is 10.8. The van der Waals surface area contributed by atoms with Crippen molar-refractivity contribution in [3.63, 3.8) is 0 Å². The zero-order chi connectivity index (χ0) is 14.9. The van der Waals surface area contributed by atoms with Crippen molar-refractivity contribution in [1.29, 1.82) is 0 Å². The van der Waals surface area contributed by atoms with E-state index < -0.39 is 0 Å². The van der Waals surface area contributed by atoms with Crippen LogP contribution in [0.4, 0.5) is 0 Å². The van der Waals surface area contributed by atoms with Gasteiger partial charge in [0.1, 0.15) is 0 Å². The van der Waals surface area contributed by atoms with Crippen LogP contribution in [0.25, 0.3) is 11.0 Å². The van der Waals surface area contributed by atoms with Crippen LogP contribution in [0.5, 0.6) is 0 Å². The Balaban J connectivity index is 1.50. The summed E-state index contributed by atoms with van der Waals surface area (Å²) >= 11 is 0. The van der Waals surface area contributed by atoms with Crippen LogP contribution < -0.4 is 0 Å². The van der Waals surface area contributed by atoms with E-state index in [2.05, 4.69) is 32.7 Å². The predicted octanol–water partition coefficient (Wildman–Crippen LogP) is 3.17. The Morgan fingerprint density at radius 2 is 2.09 bits per heavy atom. The summed E-state index contributed by atoms with van der Waals surface area (Å²) < 4.78 is 2.24. The number of allylic oxidation sites excluding steroid dienone is 2. The minimum Gasteiger partial charge on any atom is -0.340 e. The van der Waals surface area contributed by atoms with Crippen LogP contribution >= 0.6 is 0 Å². The summed E-state index contributed by atoms with van der Waals surface area (Å²) in [6.07, 6.45) is 10.2. The van der Waals surface area contributed by atoms with E-state index >= 15 is 0 Å². The Labute approximate surface area is 130 Å². The Morgan fingerprint density at radius 1 is 1.18 bits per heavy atom. The molecule has 22 heavy (non-hydrogen) atoms. The van der Waals surface area contributed by atoms with Gasteiger partial charge in [-0.3, -0.25) is 4.79 Å². The van der Waals surface area contributed by atoms with Gasteiger partial charge in [0.2, 0.25) is 5.91 Å². The van der Waals surface area contributed by atoms with Crippen molar-refractivity contribution < 1.29 is 4.79 Å². The first-order valence-corrected chi connectivity index (χ1v) is 8.18. The largest absolute Gasteiger partial charge is 0.340 e. The summed E-state index contributed by atoms with van der Waals surface area (Å²) in [6, 6.07) is 8.57. The quantitative estimate of drug-likeness (QED) is 0.798. The second-order valence-corrected chi connectivity index (χ2v) is 6.35. The van der Waals surface area contributed by atoms with Crippen molar-refractivity contribution in [2.45, 2.75) is 31.7 Å². The molecule has 2 aliphatic rings. The van der Waals surface area contributed by atoms with Crippen molar-refractivity contribution in [2.75, 3.05) is 13.1 Å². The molecule has 2 aromatic rings. The molecule has 1 amide bonds. The van der Waals surface area contributed by atoms with Gasteiger partial charge in [0.25, 0.3) is 0 Å². The van der Waals surface area contributed by atoms with Crippen molar-refractivity contribution in [1.82, 2.24) is 14.5 Å². The summed E-state index contributed by atoms with van der Waals surface area (Å²) in [4.78, 5) is 19.2. The molecule has 0 saturated carbocycles. The molecule has 0 radical (unpaired) electrons. The Bertz CT molecular complexity index is 718. The summed E-state index contributed by atoms with van der Waals surface area (Å²) in [5.74, 6) is 0.541. The van der Waals surface area contributed by atoms with E-state index in [9.17, 15) is 4.79 Å². The lowest BCUT2D eigenvalue weighted by Gasteiger charge is -2.24. The minimum absolute atomic E-state index is 0.197. The second kappa shape index (κ2) is 5.59. The average molecular weight is 295 g/mol. The number of amides is 1. The Kier molecular flexibility index (Phi) is 3.45. The van der Waals surface area contributed by atoms with E-state index in [4.69, 9.17) is 0 Å². The Hall–Kier alpha value is -2.10. The van der Waals surface area contributed by atoms with Crippen molar-refractivity contribution in [2.24, 2.45) is 5.92 Å². The fraction of sp³-hybridized carbons (Fsp3) is 0.444. The van der Waals surface area contributed by atoms with Gasteiger partial charge in [-0.05, 0) is 37.8 Å². The number of hydrogen-bond acceptors (Lipinski definition) is 2. The Morgan fingerprint density at radius 3 is 2.95 bits per heavy atom. The van der Waals surface area contributed by atoms with Crippen LogP contribution in [-0.2, 0) is 4.79 Å². The van der Waals surface area contributed by atoms with Crippen molar-refractivity contribution in [3.05, 3.63) is 42.7 Å². The normalized spacial score (nSPS) is 25.0. The van der Waals surface area contributed by atoms with Crippen molar-refractivity contribution in [3.8, 4) is 0 Å². The molecular weight excluding hydrogens is 274 g/mol. The summed E-state index contributed by atoms with van der Waals surface area (Å²) in [5, 5.41) is 0. The lowest BCUT2D eigenvalue weighted by Crippen LogP contribution is -2.35. The minimum atomic E-state index is 0.197. The molecule has 0 bridgehead atoms. The monoisotopic (exact) mass is 295 g/mol. The first-order valence-electron chi connectivity index (χ1n) is 8.18. The van der Waals surface area contributed by atoms with Gasteiger partial charge in [-0.15, -0.1) is 0 Å². The van der Waals surface area contributed by atoms with Gasteiger partial charge < -0.3 is 9.47 Å². The number of nitrogens with zero attached hydrogens (tertiary/aromatic N) is 3. The van der Waals surface area contributed by atoms with Gasteiger partial charge >= 0.3 is 0 Å². The van der Waals surface area contributed by atoms with Gasteiger partial charge in [0.05, 0.1) is 23.4 Å². The average Bonchev–Trinajstić information content (AvgIpc) is 3.21. The van der Waals surface area contributed by atoms with E-state index in [0.29, 0.717) is 11.9 Å². The highest BCUT2D eigenvalue weighted by Gasteiger charge is 2.31. The summed E-state index contributed by atoms with van der Waals surface area (Å²) in [6.45, 7) is 1.69. The topological polar surface area (TPSA) is 38.1 Å². The number of aromatic nitrogens is 2. The number of benzene rings is 1. The van der Waals surface area contributed by atoms with Crippen LogP contribution in [0.3, 0.4) is 0 Å². The van der Waals surface area contributed by atoms with Gasteiger partial charge in [-0.25, -0.2) is 4.98 Å². The van der Waals surface area contributed by atoms with E-state index in [-0.39, 0.29) is 5.92 Å².